The fourth-order valence-corrected chi connectivity index (χ4v) is 2.26. The van der Waals surface area contributed by atoms with Gasteiger partial charge in [-0.1, -0.05) is 6.92 Å². The van der Waals surface area contributed by atoms with Crippen LogP contribution in [0.15, 0.2) is 12.4 Å². The highest BCUT2D eigenvalue weighted by atomic mass is 16.5. The van der Waals surface area contributed by atoms with Crippen molar-refractivity contribution in [1.82, 2.24) is 15.3 Å². The minimum absolute atomic E-state index is 0.0167. The Morgan fingerprint density at radius 1 is 1.72 bits per heavy atom. The van der Waals surface area contributed by atoms with Gasteiger partial charge in [-0.3, -0.25) is 4.79 Å². The van der Waals surface area contributed by atoms with E-state index in [9.17, 15) is 4.79 Å². The number of aromatic amines is 1. The average Bonchev–Trinajstić information content (AvgIpc) is 3.05. The number of hydrogen-bond donors (Lipinski definition) is 2. The van der Waals surface area contributed by atoms with Crippen LogP contribution in [0.3, 0.4) is 0 Å². The summed E-state index contributed by atoms with van der Waals surface area (Å²) in [5.74, 6) is 0.900. The smallest absolute Gasteiger partial charge is 0.220 e. The van der Waals surface area contributed by atoms with E-state index < -0.39 is 0 Å². The zero-order valence-electron chi connectivity index (χ0n) is 10.8. The minimum Gasteiger partial charge on any atom is -0.378 e. The Morgan fingerprint density at radius 2 is 2.61 bits per heavy atom. The van der Waals surface area contributed by atoms with E-state index in [0.29, 0.717) is 6.42 Å². The molecule has 100 valence electrons. The van der Waals surface area contributed by atoms with Gasteiger partial charge < -0.3 is 15.0 Å². The molecule has 5 heteroatoms. The standard InChI is InChI=1S/C13H21N3O2/c1-2-11(13-14-7-8-15-13)16-12(17)6-5-10-4-3-9-18-10/h7-8,10-11H,2-6,9H2,1H3,(H,14,15)(H,16,17). The first-order valence-electron chi connectivity index (χ1n) is 6.70. The number of carbonyl (C=O) groups excluding carboxylic acids is 1. The van der Waals surface area contributed by atoms with Crippen LogP contribution in [0, 0.1) is 0 Å². The zero-order chi connectivity index (χ0) is 12.8. The Balaban J connectivity index is 1.75. The van der Waals surface area contributed by atoms with Gasteiger partial charge in [-0.2, -0.15) is 0 Å². The Labute approximate surface area is 107 Å². The van der Waals surface area contributed by atoms with E-state index in [1.54, 1.807) is 12.4 Å². The maximum atomic E-state index is 11.9. The molecule has 2 rings (SSSR count). The highest BCUT2D eigenvalue weighted by Crippen LogP contribution is 2.17. The topological polar surface area (TPSA) is 67.0 Å². The average molecular weight is 251 g/mol. The summed E-state index contributed by atoms with van der Waals surface area (Å²) in [6, 6.07) is -0.0167. The lowest BCUT2D eigenvalue weighted by atomic mass is 10.1. The molecule has 1 fully saturated rings. The van der Waals surface area contributed by atoms with Gasteiger partial charge in [0, 0.05) is 25.4 Å². The molecule has 2 heterocycles. The highest BCUT2D eigenvalue weighted by molar-refractivity contribution is 5.76. The van der Waals surface area contributed by atoms with Crippen molar-refractivity contribution in [3.05, 3.63) is 18.2 Å². The summed E-state index contributed by atoms with van der Waals surface area (Å²) in [4.78, 5) is 19.1. The van der Waals surface area contributed by atoms with Gasteiger partial charge in [0.2, 0.25) is 5.91 Å². The van der Waals surface area contributed by atoms with Crippen molar-refractivity contribution in [2.45, 2.75) is 51.2 Å². The Kier molecular flexibility index (Phi) is 4.75. The number of nitrogens with one attached hydrogen (secondary N) is 2. The summed E-state index contributed by atoms with van der Waals surface area (Å²) in [6.45, 7) is 2.88. The van der Waals surface area contributed by atoms with Crippen LogP contribution in [0.4, 0.5) is 0 Å². The fraction of sp³-hybridized carbons (Fsp3) is 0.692. The lowest BCUT2D eigenvalue weighted by Gasteiger charge is -2.15. The number of H-pyrrole nitrogens is 1. The Morgan fingerprint density at radius 3 is 3.22 bits per heavy atom. The molecule has 0 aromatic carbocycles. The van der Waals surface area contributed by atoms with Crippen molar-refractivity contribution >= 4 is 5.91 Å². The van der Waals surface area contributed by atoms with Gasteiger partial charge in [-0.15, -0.1) is 0 Å². The van der Waals surface area contributed by atoms with Crippen LogP contribution in [0.1, 0.15) is 50.9 Å². The predicted molar refractivity (Wildman–Crippen MR) is 68.0 cm³/mol. The van der Waals surface area contributed by atoms with E-state index in [-0.39, 0.29) is 18.1 Å². The molecule has 1 aromatic rings. The zero-order valence-corrected chi connectivity index (χ0v) is 10.8. The van der Waals surface area contributed by atoms with Crippen LogP contribution < -0.4 is 5.32 Å². The third-order valence-corrected chi connectivity index (χ3v) is 3.31. The SMILES string of the molecule is CCC(NC(=O)CCC1CCCO1)c1ncc[nH]1. The Bertz CT molecular complexity index is 358. The van der Waals surface area contributed by atoms with Gasteiger partial charge in [0.05, 0.1) is 12.1 Å². The van der Waals surface area contributed by atoms with Crippen LogP contribution in [0.5, 0.6) is 0 Å². The molecule has 1 aliphatic heterocycles. The molecule has 18 heavy (non-hydrogen) atoms. The van der Waals surface area contributed by atoms with Crippen molar-refractivity contribution < 1.29 is 9.53 Å². The fourth-order valence-electron chi connectivity index (χ4n) is 2.26. The molecule has 5 nitrogen and oxygen atoms in total. The molecular formula is C13H21N3O2. The number of ether oxygens (including phenoxy) is 1. The number of nitrogens with zero attached hydrogens (tertiary/aromatic N) is 1. The molecule has 2 atom stereocenters. The summed E-state index contributed by atoms with van der Waals surface area (Å²) in [5.41, 5.74) is 0. The molecule has 2 unspecified atom stereocenters. The van der Waals surface area contributed by atoms with Gasteiger partial charge in [0.1, 0.15) is 5.82 Å². The van der Waals surface area contributed by atoms with Gasteiger partial charge in [0.15, 0.2) is 0 Å². The maximum Gasteiger partial charge on any atom is 0.220 e. The van der Waals surface area contributed by atoms with Crippen molar-refractivity contribution in [2.75, 3.05) is 6.61 Å². The van der Waals surface area contributed by atoms with Gasteiger partial charge in [0.25, 0.3) is 0 Å². The molecule has 0 aliphatic carbocycles. The lowest BCUT2D eigenvalue weighted by Crippen LogP contribution is -2.29. The van der Waals surface area contributed by atoms with Crippen LogP contribution in [0.25, 0.3) is 0 Å². The van der Waals surface area contributed by atoms with E-state index in [0.717, 1.165) is 38.1 Å². The third-order valence-electron chi connectivity index (χ3n) is 3.31. The van der Waals surface area contributed by atoms with Crippen LogP contribution >= 0.6 is 0 Å². The van der Waals surface area contributed by atoms with Gasteiger partial charge >= 0.3 is 0 Å². The second kappa shape index (κ2) is 6.54. The molecule has 2 N–H and O–H groups in total. The summed E-state index contributed by atoms with van der Waals surface area (Å²) in [6.07, 6.45) is 8.15. The number of imidazole rings is 1. The molecular weight excluding hydrogens is 230 g/mol. The summed E-state index contributed by atoms with van der Waals surface area (Å²) in [5, 5.41) is 3.00. The number of aromatic nitrogens is 2. The van der Waals surface area contributed by atoms with Crippen LogP contribution in [0.2, 0.25) is 0 Å². The van der Waals surface area contributed by atoms with E-state index in [1.807, 2.05) is 6.92 Å². The minimum atomic E-state index is -0.0167. The first-order chi connectivity index (χ1) is 8.79. The number of amides is 1. The van der Waals surface area contributed by atoms with Crippen molar-refractivity contribution in [1.29, 1.82) is 0 Å². The molecule has 0 saturated carbocycles. The molecule has 0 radical (unpaired) electrons. The molecule has 1 aromatic heterocycles. The van der Waals surface area contributed by atoms with E-state index in [4.69, 9.17) is 4.74 Å². The summed E-state index contributed by atoms with van der Waals surface area (Å²) < 4.78 is 5.51. The van der Waals surface area contributed by atoms with Gasteiger partial charge in [-0.05, 0) is 25.7 Å². The number of carbonyl (C=O) groups is 1. The second-order valence-corrected chi connectivity index (χ2v) is 4.68. The quantitative estimate of drug-likeness (QED) is 0.812. The summed E-state index contributed by atoms with van der Waals surface area (Å²) in [7, 11) is 0. The molecule has 0 bridgehead atoms. The number of rotatable bonds is 6. The third kappa shape index (κ3) is 3.57. The molecule has 1 amide bonds. The van der Waals surface area contributed by atoms with Crippen LogP contribution in [-0.4, -0.2) is 28.6 Å². The summed E-state index contributed by atoms with van der Waals surface area (Å²) >= 11 is 0. The van der Waals surface area contributed by atoms with E-state index >= 15 is 0 Å². The predicted octanol–water partition coefficient (Wildman–Crippen LogP) is 1.94. The van der Waals surface area contributed by atoms with Crippen molar-refractivity contribution in [2.24, 2.45) is 0 Å². The van der Waals surface area contributed by atoms with Crippen LogP contribution in [-0.2, 0) is 9.53 Å². The van der Waals surface area contributed by atoms with Crippen molar-refractivity contribution in [3.63, 3.8) is 0 Å². The van der Waals surface area contributed by atoms with Crippen molar-refractivity contribution in [3.8, 4) is 0 Å². The highest BCUT2D eigenvalue weighted by Gasteiger charge is 2.19. The largest absolute Gasteiger partial charge is 0.378 e. The molecule has 0 spiro atoms. The Hall–Kier alpha value is -1.36. The lowest BCUT2D eigenvalue weighted by molar-refractivity contribution is -0.122. The van der Waals surface area contributed by atoms with E-state index in [1.165, 1.54) is 0 Å². The molecule has 1 saturated heterocycles. The first kappa shape index (κ1) is 13.1. The normalized spacial score (nSPS) is 20.8. The monoisotopic (exact) mass is 251 g/mol. The maximum absolute atomic E-state index is 11.9. The number of hydrogen-bond acceptors (Lipinski definition) is 3. The second-order valence-electron chi connectivity index (χ2n) is 4.68. The first-order valence-corrected chi connectivity index (χ1v) is 6.70. The van der Waals surface area contributed by atoms with Gasteiger partial charge in [-0.25, -0.2) is 4.98 Å². The van der Waals surface area contributed by atoms with E-state index in [2.05, 4.69) is 15.3 Å². The molecule has 1 aliphatic rings.